The van der Waals surface area contributed by atoms with E-state index in [2.05, 4.69) is 4.90 Å². The molecule has 0 radical (unpaired) electrons. The number of ether oxygens (including phenoxy) is 2. The van der Waals surface area contributed by atoms with E-state index in [4.69, 9.17) is 15.2 Å². The van der Waals surface area contributed by atoms with Crippen LogP contribution in [0.15, 0.2) is 0 Å². The minimum atomic E-state index is 0.236. The molecule has 2 heterocycles. The van der Waals surface area contributed by atoms with Crippen LogP contribution in [0.1, 0.15) is 44.9 Å². The molecule has 3 rings (SSSR count). The minimum Gasteiger partial charge on any atom is -0.381 e. The molecule has 2 N–H and O–H groups in total. The molecule has 2 saturated heterocycles. The second kappa shape index (κ2) is 5.68. The lowest BCUT2D eigenvalue weighted by Crippen LogP contribution is -2.58. The van der Waals surface area contributed by atoms with Gasteiger partial charge in [0.1, 0.15) is 0 Å². The Labute approximate surface area is 116 Å². The van der Waals surface area contributed by atoms with E-state index in [0.29, 0.717) is 18.2 Å². The summed E-state index contributed by atoms with van der Waals surface area (Å²) >= 11 is 0. The first kappa shape index (κ1) is 13.8. The average Bonchev–Trinajstić information content (AvgIpc) is 2.45. The first-order chi connectivity index (χ1) is 9.26. The summed E-state index contributed by atoms with van der Waals surface area (Å²) in [5.74, 6) is 0. The molecule has 19 heavy (non-hydrogen) atoms. The van der Waals surface area contributed by atoms with Gasteiger partial charge >= 0.3 is 0 Å². The zero-order chi connectivity index (χ0) is 13.3. The van der Waals surface area contributed by atoms with Crippen LogP contribution in [0, 0.1) is 0 Å². The van der Waals surface area contributed by atoms with Gasteiger partial charge in [-0.05, 0) is 44.9 Å². The first-order valence-corrected chi connectivity index (χ1v) is 7.89. The van der Waals surface area contributed by atoms with Gasteiger partial charge in [-0.2, -0.15) is 0 Å². The number of hydrogen-bond acceptors (Lipinski definition) is 4. The zero-order valence-corrected chi connectivity index (χ0v) is 12.1. The van der Waals surface area contributed by atoms with E-state index in [-0.39, 0.29) is 5.60 Å². The molecule has 3 unspecified atom stereocenters. The molecule has 2 aliphatic heterocycles. The number of nitrogens with two attached hydrogens (primary N) is 1. The van der Waals surface area contributed by atoms with Crippen molar-refractivity contribution in [3.05, 3.63) is 0 Å². The van der Waals surface area contributed by atoms with Crippen LogP contribution >= 0.6 is 0 Å². The molecule has 4 heteroatoms. The molecule has 0 aromatic heterocycles. The summed E-state index contributed by atoms with van der Waals surface area (Å²) in [6, 6.07) is 1.18. The van der Waals surface area contributed by atoms with Gasteiger partial charge in [0.2, 0.25) is 0 Å². The molecule has 3 atom stereocenters. The number of hydrogen-bond donors (Lipinski definition) is 1. The van der Waals surface area contributed by atoms with Crippen molar-refractivity contribution in [2.75, 3.05) is 26.8 Å². The van der Waals surface area contributed by atoms with Gasteiger partial charge in [-0.3, -0.25) is 4.90 Å². The molecule has 4 nitrogen and oxygen atoms in total. The Balaban J connectivity index is 1.63. The van der Waals surface area contributed by atoms with E-state index in [9.17, 15) is 0 Å². The highest BCUT2D eigenvalue weighted by Gasteiger charge is 2.45. The maximum Gasteiger partial charge on any atom is 0.0697 e. The van der Waals surface area contributed by atoms with Crippen molar-refractivity contribution in [1.29, 1.82) is 0 Å². The van der Waals surface area contributed by atoms with Gasteiger partial charge in [0.25, 0.3) is 0 Å². The second-order valence-corrected chi connectivity index (χ2v) is 6.54. The van der Waals surface area contributed by atoms with Gasteiger partial charge in [0.15, 0.2) is 0 Å². The molecule has 3 aliphatic rings. The Kier molecular flexibility index (Phi) is 4.13. The van der Waals surface area contributed by atoms with E-state index in [0.717, 1.165) is 32.5 Å². The molecule has 0 bridgehead atoms. The molecule has 1 saturated carbocycles. The number of nitrogens with zero attached hydrogens (tertiary/aromatic N) is 1. The van der Waals surface area contributed by atoms with Crippen LogP contribution in [-0.2, 0) is 9.47 Å². The van der Waals surface area contributed by atoms with Crippen molar-refractivity contribution < 1.29 is 9.47 Å². The maximum absolute atomic E-state index is 6.05. The lowest BCUT2D eigenvalue weighted by atomic mass is 9.73. The molecule has 0 aromatic carbocycles. The molecular formula is C15H28N2O2. The standard InChI is InChI=1S/C15H28N2O2/c1-18-14-3-7-17(13(9-14)11-16)12-4-8-19-15(10-12)5-2-6-15/h12-14H,2-11,16H2,1H3. The van der Waals surface area contributed by atoms with Gasteiger partial charge < -0.3 is 15.2 Å². The number of piperidine rings is 1. The van der Waals surface area contributed by atoms with E-state index >= 15 is 0 Å². The van der Waals surface area contributed by atoms with Crippen molar-refractivity contribution in [2.24, 2.45) is 5.73 Å². The highest BCUT2D eigenvalue weighted by Crippen LogP contribution is 2.44. The maximum atomic E-state index is 6.05. The molecular weight excluding hydrogens is 240 g/mol. The molecule has 110 valence electrons. The fraction of sp³-hybridized carbons (Fsp3) is 1.00. The zero-order valence-electron chi connectivity index (χ0n) is 12.1. The molecule has 1 aliphatic carbocycles. The monoisotopic (exact) mass is 268 g/mol. The van der Waals surface area contributed by atoms with Crippen LogP contribution in [-0.4, -0.2) is 55.5 Å². The van der Waals surface area contributed by atoms with Crippen molar-refractivity contribution in [1.82, 2.24) is 4.90 Å². The van der Waals surface area contributed by atoms with Gasteiger partial charge in [-0.15, -0.1) is 0 Å². The lowest BCUT2D eigenvalue weighted by Gasteiger charge is -2.52. The summed E-state index contributed by atoms with van der Waals surface area (Å²) in [7, 11) is 1.83. The highest BCUT2D eigenvalue weighted by atomic mass is 16.5. The van der Waals surface area contributed by atoms with Crippen molar-refractivity contribution >= 4 is 0 Å². The Morgan fingerprint density at radius 1 is 1.37 bits per heavy atom. The predicted octanol–water partition coefficient (Wildman–Crippen LogP) is 1.53. The molecule has 0 amide bonds. The summed E-state index contributed by atoms with van der Waals surface area (Å²) in [6.07, 6.45) is 8.93. The van der Waals surface area contributed by atoms with E-state index in [1.807, 2.05) is 7.11 Å². The summed E-state index contributed by atoms with van der Waals surface area (Å²) < 4.78 is 11.6. The third-order valence-electron chi connectivity index (χ3n) is 5.52. The Bertz CT molecular complexity index is 307. The highest BCUT2D eigenvalue weighted by molar-refractivity contribution is 4.98. The van der Waals surface area contributed by atoms with Crippen LogP contribution in [0.4, 0.5) is 0 Å². The fourth-order valence-electron chi connectivity index (χ4n) is 4.16. The normalized spacial score (nSPS) is 39.2. The van der Waals surface area contributed by atoms with Crippen LogP contribution in [0.3, 0.4) is 0 Å². The summed E-state index contributed by atoms with van der Waals surface area (Å²) in [4.78, 5) is 2.66. The second-order valence-electron chi connectivity index (χ2n) is 6.54. The van der Waals surface area contributed by atoms with Gasteiger partial charge in [-0.1, -0.05) is 0 Å². The predicted molar refractivity (Wildman–Crippen MR) is 75.1 cm³/mol. The third-order valence-corrected chi connectivity index (χ3v) is 5.52. The van der Waals surface area contributed by atoms with Crippen LogP contribution in [0.2, 0.25) is 0 Å². The summed E-state index contributed by atoms with van der Waals surface area (Å²) in [5.41, 5.74) is 6.24. The van der Waals surface area contributed by atoms with E-state index < -0.39 is 0 Å². The minimum absolute atomic E-state index is 0.236. The summed E-state index contributed by atoms with van der Waals surface area (Å²) in [6.45, 7) is 2.83. The van der Waals surface area contributed by atoms with Gasteiger partial charge in [0.05, 0.1) is 11.7 Å². The molecule has 0 aromatic rings. The van der Waals surface area contributed by atoms with Crippen molar-refractivity contribution in [2.45, 2.75) is 68.7 Å². The molecule has 1 spiro atoms. The van der Waals surface area contributed by atoms with Gasteiger partial charge in [0, 0.05) is 38.9 Å². The van der Waals surface area contributed by atoms with E-state index in [1.54, 1.807) is 0 Å². The Morgan fingerprint density at radius 2 is 2.21 bits per heavy atom. The molecule has 3 fully saturated rings. The summed E-state index contributed by atoms with van der Waals surface area (Å²) in [5, 5.41) is 0. The number of methoxy groups -OCH3 is 1. The fourth-order valence-corrected chi connectivity index (χ4v) is 4.16. The number of rotatable bonds is 3. The van der Waals surface area contributed by atoms with Crippen molar-refractivity contribution in [3.63, 3.8) is 0 Å². The van der Waals surface area contributed by atoms with Crippen LogP contribution < -0.4 is 5.73 Å². The van der Waals surface area contributed by atoms with E-state index in [1.165, 1.54) is 32.1 Å². The van der Waals surface area contributed by atoms with Crippen LogP contribution in [0.25, 0.3) is 0 Å². The third kappa shape index (κ3) is 2.68. The average molecular weight is 268 g/mol. The van der Waals surface area contributed by atoms with Crippen molar-refractivity contribution in [3.8, 4) is 0 Å². The first-order valence-electron chi connectivity index (χ1n) is 7.89. The smallest absolute Gasteiger partial charge is 0.0697 e. The lowest BCUT2D eigenvalue weighted by molar-refractivity contribution is -0.156. The SMILES string of the molecule is COC1CCN(C2CCOC3(CCC3)C2)C(CN)C1. The largest absolute Gasteiger partial charge is 0.381 e. The Hall–Kier alpha value is -0.160. The number of likely N-dealkylation sites (tertiary alicyclic amines) is 1. The Morgan fingerprint density at radius 3 is 2.84 bits per heavy atom. The van der Waals surface area contributed by atoms with Gasteiger partial charge in [-0.25, -0.2) is 0 Å². The van der Waals surface area contributed by atoms with Crippen LogP contribution in [0.5, 0.6) is 0 Å². The topological polar surface area (TPSA) is 47.7 Å². The quantitative estimate of drug-likeness (QED) is 0.843.